The predicted molar refractivity (Wildman–Crippen MR) is 44.6 cm³/mol. The van der Waals surface area contributed by atoms with Gasteiger partial charge >= 0.3 is 0 Å². The fraction of sp³-hybridized carbons (Fsp3) is 0. The zero-order chi connectivity index (χ0) is 6.97. The molecule has 2 aromatic heterocycles. The molecule has 0 radical (unpaired) electrons. The minimum atomic E-state index is 0. The second kappa shape index (κ2) is 2.75. The average Bonchev–Trinajstić information content (AvgIpc) is 2.36. The molecule has 0 aromatic carbocycles. The van der Waals surface area contributed by atoms with Crippen LogP contribution in [-0.4, -0.2) is 14.6 Å². The van der Waals surface area contributed by atoms with Gasteiger partial charge in [0.15, 0.2) is 5.65 Å². The van der Waals surface area contributed by atoms with Crippen molar-refractivity contribution in [2.75, 3.05) is 5.73 Å². The van der Waals surface area contributed by atoms with Gasteiger partial charge in [-0.15, -0.1) is 12.4 Å². The van der Waals surface area contributed by atoms with Gasteiger partial charge < -0.3 is 5.73 Å². The highest BCUT2D eigenvalue weighted by atomic mass is 35.5. The molecule has 0 unspecified atom stereocenters. The van der Waals surface area contributed by atoms with Gasteiger partial charge in [0, 0.05) is 6.20 Å². The number of hydrogen-bond donors (Lipinski definition) is 1. The number of aromatic nitrogens is 3. The molecule has 0 amide bonds. The maximum Gasteiger partial charge on any atom is 0.178 e. The minimum Gasteiger partial charge on any atom is -0.396 e. The largest absolute Gasteiger partial charge is 0.396 e. The number of fused-ring (bicyclic) bond motifs is 1. The van der Waals surface area contributed by atoms with E-state index in [2.05, 4.69) is 10.1 Å². The van der Waals surface area contributed by atoms with Crippen molar-refractivity contribution < 1.29 is 0 Å². The topological polar surface area (TPSA) is 56.2 Å². The number of halogens is 1. The van der Waals surface area contributed by atoms with Crippen molar-refractivity contribution in [3.63, 3.8) is 0 Å². The summed E-state index contributed by atoms with van der Waals surface area (Å²) in [6, 6.07) is 3.63. The molecule has 0 bridgehead atoms. The number of nitrogen functional groups attached to an aromatic ring is 1. The van der Waals surface area contributed by atoms with E-state index in [-0.39, 0.29) is 12.4 Å². The molecule has 0 saturated heterocycles. The molecule has 0 spiro atoms. The molecule has 11 heavy (non-hydrogen) atoms. The smallest absolute Gasteiger partial charge is 0.178 e. The molecule has 0 saturated carbocycles. The Bertz CT molecular complexity index is 356. The van der Waals surface area contributed by atoms with E-state index in [1.807, 2.05) is 6.07 Å². The molecular weight excluding hydrogens is 164 g/mol. The maximum absolute atomic E-state index is 5.58. The van der Waals surface area contributed by atoms with Gasteiger partial charge in [0.05, 0.1) is 5.69 Å². The standard InChI is InChI=1S/C6H6N4.ClH/c7-5-2-1-3-10-6(5)8-4-9-10;/h1-4H,7H2;1H. The fourth-order valence-electron chi connectivity index (χ4n) is 0.869. The Morgan fingerprint density at radius 1 is 1.45 bits per heavy atom. The number of anilines is 1. The molecule has 2 aromatic rings. The van der Waals surface area contributed by atoms with Crippen LogP contribution < -0.4 is 5.73 Å². The minimum absolute atomic E-state index is 0. The normalized spacial score (nSPS) is 9.45. The highest BCUT2D eigenvalue weighted by molar-refractivity contribution is 5.85. The van der Waals surface area contributed by atoms with Gasteiger partial charge in [-0.2, -0.15) is 5.10 Å². The van der Waals surface area contributed by atoms with Crippen LogP contribution in [0, 0.1) is 0 Å². The number of rotatable bonds is 0. The first kappa shape index (κ1) is 7.81. The monoisotopic (exact) mass is 170 g/mol. The van der Waals surface area contributed by atoms with Crippen molar-refractivity contribution in [3.05, 3.63) is 24.7 Å². The fourth-order valence-corrected chi connectivity index (χ4v) is 0.869. The molecule has 4 nitrogen and oxygen atoms in total. The summed E-state index contributed by atoms with van der Waals surface area (Å²) < 4.78 is 1.63. The Kier molecular flexibility index (Phi) is 1.96. The quantitative estimate of drug-likeness (QED) is 0.634. The average molecular weight is 171 g/mol. The molecule has 2 rings (SSSR count). The second-order valence-corrected chi connectivity index (χ2v) is 1.99. The van der Waals surface area contributed by atoms with Gasteiger partial charge in [-0.3, -0.25) is 0 Å². The van der Waals surface area contributed by atoms with Crippen LogP contribution in [0.25, 0.3) is 5.65 Å². The van der Waals surface area contributed by atoms with Crippen LogP contribution >= 0.6 is 12.4 Å². The molecule has 0 aliphatic rings. The summed E-state index contributed by atoms with van der Waals surface area (Å²) in [7, 11) is 0. The Hall–Kier alpha value is -1.29. The van der Waals surface area contributed by atoms with Crippen molar-refractivity contribution in [2.24, 2.45) is 0 Å². The highest BCUT2D eigenvalue weighted by Gasteiger charge is 1.95. The zero-order valence-corrected chi connectivity index (χ0v) is 6.45. The molecule has 2 N–H and O–H groups in total. The van der Waals surface area contributed by atoms with Crippen LogP contribution in [0.3, 0.4) is 0 Å². The zero-order valence-electron chi connectivity index (χ0n) is 5.64. The second-order valence-electron chi connectivity index (χ2n) is 1.99. The SMILES string of the molecule is Cl.Nc1cccn2ncnc12. The number of nitrogens with zero attached hydrogens (tertiary/aromatic N) is 3. The highest BCUT2D eigenvalue weighted by Crippen LogP contribution is 2.06. The molecule has 0 aliphatic heterocycles. The van der Waals surface area contributed by atoms with Crippen LogP contribution in [0.2, 0.25) is 0 Å². The van der Waals surface area contributed by atoms with E-state index in [4.69, 9.17) is 5.73 Å². The summed E-state index contributed by atoms with van der Waals surface area (Å²) in [4.78, 5) is 3.95. The van der Waals surface area contributed by atoms with Gasteiger partial charge in [-0.05, 0) is 12.1 Å². The first-order valence-electron chi connectivity index (χ1n) is 2.92. The summed E-state index contributed by atoms with van der Waals surface area (Å²) in [6.45, 7) is 0. The lowest BCUT2D eigenvalue weighted by molar-refractivity contribution is 0.962. The van der Waals surface area contributed by atoms with E-state index in [1.165, 1.54) is 6.33 Å². The molecule has 5 heteroatoms. The van der Waals surface area contributed by atoms with Crippen molar-refractivity contribution in [3.8, 4) is 0 Å². The van der Waals surface area contributed by atoms with Gasteiger partial charge in [0.2, 0.25) is 0 Å². The van der Waals surface area contributed by atoms with Crippen LogP contribution in [0.4, 0.5) is 5.69 Å². The number of hydrogen-bond acceptors (Lipinski definition) is 3. The summed E-state index contributed by atoms with van der Waals surface area (Å²) in [5, 5.41) is 3.91. The first-order chi connectivity index (χ1) is 4.88. The summed E-state index contributed by atoms with van der Waals surface area (Å²) in [5.41, 5.74) is 6.94. The third-order valence-corrected chi connectivity index (χ3v) is 1.33. The Morgan fingerprint density at radius 2 is 2.27 bits per heavy atom. The molecule has 0 atom stereocenters. The van der Waals surface area contributed by atoms with Crippen molar-refractivity contribution >= 4 is 23.7 Å². The van der Waals surface area contributed by atoms with Crippen LogP contribution in [0.1, 0.15) is 0 Å². The van der Waals surface area contributed by atoms with E-state index in [9.17, 15) is 0 Å². The third kappa shape index (κ3) is 1.12. The van der Waals surface area contributed by atoms with Gasteiger partial charge in [0.1, 0.15) is 6.33 Å². The van der Waals surface area contributed by atoms with E-state index in [0.717, 1.165) is 0 Å². The molecule has 0 fully saturated rings. The lowest BCUT2D eigenvalue weighted by atomic mass is 10.4. The van der Waals surface area contributed by atoms with E-state index < -0.39 is 0 Å². The number of nitrogens with two attached hydrogens (primary N) is 1. The van der Waals surface area contributed by atoms with Crippen LogP contribution in [0.5, 0.6) is 0 Å². The molecule has 0 aliphatic carbocycles. The van der Waals surface area contributed by atoms with Gasteiger partial charge in [-0.1, -0.05) is 0 Å². The van der Waals surface area contributed by atoms with Crippen molar-refractivity contribution in [1.29, 1.82) is 0 Å². The van der Waals surface area contributed by atoms with Gasteiger partial charge in [0.25, 0.3) is 0 Å². The predicted octanol–water partition coefficient (Wildman–Crippen LogP) is 0.733. The van der Waals surface area contributed by atoms with E-state index in [1.54, 1.807) is 16.8 Å². The Balaban J connectivity index is 0.000000605. The Labute approximate surface area is 69.5 Å². The number of pyridine rings is 1. The summed E-state index contributed by atoms with van der Waals surface area (Å²) in [5.74, 6) is 0. The molecule has 58 valence electrons. The lowest BCUT2D eigenvalue weighted by Crippen LogP contribution is -1.91. The van der Waals surface area contributed by atoms with E-state index in [0.29, 0.717) is 11.3 Å². The first-order valence-corrected chi connectivity index (χ1v) is 2.92. The van der Waals surface area contributed by atoms with Crippen molar-refractivity contribution in [1.82, 2.24) is 14.6 Å². The third-order valence-electron chi connectivity index (χ3n) is 1.33. The summed E-state index contributed by atoms with van der Waals surface area (Å²) >= 11 is 0. The van der Waals surface area contributed by atoms with Crippen LogP contribution in [-0.2, 0) is 0 Å². The Morgan fingerprint density at radius 3 is 3.00 bits per heavy atom. The summed E-state index contributed by atoms with van der Waals surface area (Å²) in [6.07, 6.45) is 3.28. The lowest BCUT2D eigenvalue weighted by Gasteiger charge is -1.92. The maximum atomic E-state index is 5.58. The van der Waals surface area contributed by atoms with Gasteiger partial charge in [-0.25, -0.2) is 9.50 Å². The van der Waals surface area contributed by atoms with Crippen molar-refractivity contribution in [2.45, 2.75) is 0 Å². The molecule has 2 heterocycles. The molecular formula is C6H7ClN4. The van der Waals surface area contributed by atoms with Crippen LogP contribution in [0.15, 0.2) is 24.7 Å². The van der Waals surface area contributed by atoms with E-state index >= 15 is 0 Å².